The third-order valence-electron chi connectivity index (χ3n) is 2.51. The Kier molecular flexibility index (Phi) is 3.58. The molecule has 0 aliphatic carbocycles. The van der Waals surface area contributed by atoms with Crippen molar-refractivity contribution in [3.8, 4) is 23.8 Å². The number of rotatable bonds is 4. The molecular weight excluding hydrogens is 232 g/mol. The molecule has 5 heteroatoms. The summed E-state index contributed by atoms with van der Waals surface area (Å²) in [6, 6.07) is 5.06. The number of fused-ring (bicyclic) bond motifs is 1. The van der Waals surface area contributed by atoms with E-state index in [9.17, 15) is 4.79 Å². The largest absolute Gasteiger partial charge is 0.454 e. The molecule has 0 saturated carbocycles. The number of anilines is 1. The maximum absolute atomic E-state index is 11.6. The van der Waals surface area contributed by atoms with Crippen molar-refractivity contribution in [2.45, 2.75) is 13.0 Å². The van der Waals surface area contributed by atoms with Crippen LogP contribution in [0.4, 0.5) is 5.69 Å². The van der Waals surface area contributed by atoms with E-state index in [2.05, 4.69) is 16.6 Å². The molecule has 5 nitrogen and oxygen atoms in total. The van der Waals surface area contributed by atoms with Crippen LogP contribution in [0.25, 0.3) is 0 Å². The summed E-state index contributed by atoms with van der Waals surface area (Å²) in [5.41, 5.74) is 0.794. The third kappa shape index (κ3) is 2.66. The van der Waals surface area contributed by atoms with E-state index in [-0.39, 0.29) is 25.3 Å². The molecule has 1 aromatic carbocycles. The topological polar surface area (TPSA) is 59.6 Å². The highest BCUT2D eigenvalue weighted by Gasteiger charge is 2.16. The predicted molar refractivity (Wildman–Crippen MR) is 67.5 cm³/mol. The van der Waals surface area contributed by atoms with Crippen LogP contribution in [-0.2, 0) is 4.79 Å². The van der Waals surface area contributed by atoms with Crippen molar-refractivity contribution in [3.63, 3.8) is 0 Å². The van der Waals surface area contributed by atoms with Gasteiger partial charge in [0, 0.05) is 11.8 Å². The van der Waals surface area contributed by atoms with Crippen LogP contribution in [-0.4, -0.2) is 25.3 Å². The highest BCUT2D eigenvalue weighted by atomic mass is 16.7. The molecule has 1 aliphatic rings. The maximum Gasteiger partial charge on any atom is 0.242 e. The van der Waals surface area contributed by atoms with Crippen LogP contribution in [0.3, 0.4) is 0 Å². The van der Waals surface area contributed by atoms with E-state index >= 15 is 0 Å². The van der Waals surface area contributed by atoms with Gasteiger partial charge in [-0.05, 0) is 19.1 Å². The number of benzene rings is 1. The monoisotopic (exact) mass is 246 g/mol. The predicted octanol–water partition coefficient (Wildman–Crippen LogP) is 0.965. The zero-order chi connectivity index (χ0) is 13.0. The van der Waals surface area contributed by atoms with Crippen LogP contribution in [0.2, 0.25) is 0 Å². The lowest BCUT2D eigenvalue weighted by Crippen LogP contribution is -2.37. The second-order valence-electron chi connectivity index (χ2n) is 3.86. The molecular formula is C13H14N2O3. The zero-order valence-corrected chi connectivity index (χ0v) is 10.0. The molecule has 1 aliphatic heterocycles. The van der Waals surface area contributed by atoms with Gasteiger partial charge in [0.1, 0.15) is 6.04 Å². The van der Waals surface area contributed by atoms with E-state index in [1.807, 2.05) is 6.07 Å². The first-order valence-electron chi connectivity index (χ1n) is 5.58. The molecule has 2 N–H and O–H groups in total. The van der Waals surface area contributed by atoms with Crippen LogP contribution in [0.5, 0.6) is 11.5 Å². The van der Waals surface area contributed by atoms with Gasteiger partial charge in [0.2, 0.25) is 12.7 Å². The van der Waals surface area contributed by atoms with Gasteiger partial charge in [-0.3, -0.25) is 4.79 Å². The Hall–Kier alpha value is -2.35. The first kappa shape index (κ1) is 12.1. The summed E-state index contributed by atoms with van der Waals surface area (Å²) < 4.78 is 10.5. The summed E-state index contributed by atoms with van der Waals surface area (Å²) in [7, 11) is 0. The Morgan fingerprint density at radius 3 is 3.06 bits per heavy atom. The molecule has 0 aromatic heterocycles. The van der Waals surface area contributed by atoms with E-state index in [0.717, 1.165) is 5.69 Å². The molecule has 94 valence electrons. The zero-order valence-electron chi connectivity index (χ0n) is 10.0. The number of nitrogens with one attached hydrogen (secondary N) is 2. The molecule has 0 saturated heterocycles. The highest BCUT2D eigenvalue weighted by Crippen LogP contribution is 2.34. The highest BCUT2D eigenvalue weighted by molar-refractivity contribution is 5.84. The molecule has 2 rings (SSSR count). The van der Waals surface area contributed by atoms with Crippen LogP contribution < -0.4 is 20.1 Å². The number of hydrogen-bond acceptors (Lipinski definition) is 4. The van der Waals surface area contributed by atoms with Crippen LogP contribution in [0.1, 0.15) is 6.92 Å². The van der Waals surface area contributed by atoms with E-state index < -0.39 is 0 Å². The van der Waals surface area contributed by atoms with E-state index in [1.54, 1.807) is 19.1 Å². The van der Waals surface area contributed by atoms with E-state index in [0.29, 0.717) is 11.5 Å². The molecule has 1 unspecified atom stereocenters. The Morgan fingerprint density at radius 2 is 2.28 bits per heavy atom. The van der Waals surface area contributed by atoms with Gasteiger partial charge in [-0.1, -0.05) is 5.92 Å². The van der Waals surface area contributed by atoms with Crippen LogP contribution >= 0.6 is 0 Å². The molecule has 0 spiro atoms. The molecule has 1 amide bonds. The van der Waals surface area contributed by atoms with Gasteiger partial charge >= 0.3 is 0 Å². The number of hydrogen-bond donors (Lipinski definition) is 2. The first-order chi connectivity index (χ1) is 8.70. The summed E-state index contributed by atoms with van der Waals surface area (Å²) in [6.07, 6.45) is 5.08. The minimum atomic E-state index is -0.376. The van der Waals surface area contributed by atoms with Gasteiger partial charge in [-0.15, -0.1) is 6.42 Å². The van der Waals surface area contributed by atoms with Crippen molar-refractivity contribution in [1.29, 1.82) is 0 Å². The minimum Gasteiger partial charge on any atom is -0.454 e. The fraction of sp³-hybridized carbons (Fsp3) is 0.308. The summed E-state index contributed by atoms with van der Waals surface area (Å²) >= 11 is 0. The number of carbonyl (C=O) groups is 1. The molecule has 0 radical (unpaired) electrons. The van der Waals surface area contributed by atoms with Gasteiger partial charge < -0.3 is 20.1 Å². The summed E-state index contributed by atoms with van der Waals surface area (Å²) in [4.78, 5) is 11.6. The average Bonchev–Trinajstić information content (AvgIpc) is 2.83. The lowest BCUT2D eigenvalue weighted by Gasteiger charge is -2.14. The summed E-state index contributed by atoms with van der Waals surface area (Å²) in [5, 5.41) is 5.68. The van der Waals surface area contributed by atoms with Crippen LogP contribution in [0, 0.1) is 12.3 Å². The van der Waals surface area contributed by atoms with Crippen molar-refractivity contribution in [1.82, 2.24) is 5.32 Å². The molecule has 1 aromatic rings. The Balaban J connectivity index is 1.97. The first-order valence-corrected chi connectivity index (χ1v) is 5.58. The standard InChI is InChI=1S/C13H14N2O3/c1-3-6-14-13(16)9(2)15-10-4-5-11-12(7-10)18-8-17-11/h1,4-5,7,9,15H,6,8H2,2H3,(H,14,16). The van der Waals surface area contributed by atoms with Crippen molar-refractivity contribution in [2.24, 2.45) is 0 Å². The second kappa shape index (κ2) is 5.32. The van der Waals surface area contributed by atoms with Gasteiger partial charge in [-0.25, -0.2) is 0 Å². The van der Waals surface area contributed by atoms with Crippen molar-refractivity contribution in [2.75, 3.05) is 18.7 Å². The fourth-order valence-corrected chi connectivity index (χ4v) is 1.59. The van der Waals surface area contributed by atoms with E-state index in [1.165, 1.54) is 0 Å². The molecule has 1 heterocycles. The second-order valence-corrected chi connectivity index (χ2v) is 3.86. The smallest absolute Gasteiger partial charge is 0.242 e. The number of carbonyl (C=O) groups excluding carboxylic acids is 1. The lowest BCUT2D eigenvalue weighted by molar-refractivity contribution is -0.121. The minimum absolute atomic E-state index is 0.148. The van der Waals surface area contributed by atoms with Crippen LogP contribution in [0.15, 0.2) is 18.2 Å². The number of terminal acetylenes is 1. The van der Waals surface area contributed by atoms with Gasteiger partial charge in [-0.2, -0.15) is 0 Å². The molecule has 0 fully saturated rings. The van der Waals surface area contributed by atoms with Crippen molar-refractivity contribution < 1.29 is 14.3 Å². The maximum atomic E-state index is 11.6. The van der Waals surface area contributed by atoms with Crippen molar-refractivity contribution >= 4 is 11.6 Å². The fourth-order valence-electron chi connectivity index (χ4n) is 1.59. The Labute approximate surface area is 105 Å². The normalized spacial score (nSPS) is 13.6. The number of ether oxygens (including phenoxy) is 2. The molecule has 18 heavy (non-hydrogen) atoms. The summed E-state index contributed by atoms with van der Waals surface area (Å²) in [6.45, 7) is 2.22. The lowest BCUT2D eigenvalue weighted by atomic mass is 10.2. The molecule has 0 bridgehead atoms. The Bertz CT molecular complexity index is 493. The SMILES string of the molecule is C#CCNC(=O)C(C)Nc1ccc2c(c1)OCO2. The van der Waals surface area contributed by atoms with Gasteiger partial charge in [0.05, 0.1) is 6.54 Å². The van der Waals surface area contributed by atoms with Gasteiger partial charge in [0.15, 0.2) is 11.5 Å². The van der Waals surface area contributed by atoms with E-state index in [4.69, 9.17) is 15.9 Å². The quantitative estimate of drug-likeness (QED) is 0.777. The summed E-state index contributed by atoms with van der Waals surface area (Å²) in [5.74, 6) is 3.60. The van der Waals surface area contributed by atoms with Crippen molar-refractivity contribution in [3.05, 3.63) is 18.2 Å². The molecule has 1 atom stereocenters. The third-order valence-corrected chi connectivity index (χ3v) is 2.51. The average molecular weight is 246 g/mol. The number of amides is 1. The van der Waals surface area contributed by atoms with Gasteiger partial charge in [0.25, 0.3) is 0 Å². The Morgan fingerprint density at radius 1 is 1.50 bits per heavy atom.